The highest BCUT2D eigenvalue weighted by atomic mass is 32.2. The van der Waals surface area contributed by atoms with Gasteiger partial charge in [-0.3, -0.25) is 4.79 Å². The van der Waals surface area contributed by atoms with Gasteiger partial charge in [0.25, 0.3) is 0 Å². The number of amides is 1. The molecule has 0 aliphatic carbocycles. The number of ether oxygens (including phenoxy) is 1. The summed E-state index contributed by atoms with van der Waals surface area (Å²) in [6.45, 7) is 2.42. The number of benzene rings is 2. The van der Waals surface area contributed by atoms with Crippen molar-refractivity contribution in [2.75, 3.05) is 12.9 Å². The van der Waals surface area contributed by atoms with E-state index < -0.39 is 0 Å². The predicted molar refractivity (Wildman–Crippen MR) is 122 cm³/mol. The van der Waals surface area contributed by atoms with E-state index in [4.69, 9.17) is 14.1 Å². The number of nitrogens with zero attached hydrogens (tertiary/aromatic N) is 1. The largest absolute Gasteiger partial charge is 0.497 e. The molecule has 6 nitrogen and oxygen atoms in total. The van der Waals surface area contributed by atoms with Gasteiger partial charge in [0.05, 0.1) is 31.4 Å². The number of aromatic amines is 1. The topological polar surface area (TPSA) is 80.1 Å². The van der Waals surface area contributed by atoms with Gasteiger partial charge in [0.15, 0.2) is 0 Å². The van der Waals surface area contributed by atoms with Crippen LogP contribution in [0.2, 0.25) is 0 Å². The molecule has 0 spiro atoms. The fourth-order valence-electron chi connectivity index (χ4n) is 3.05. The molecule has 0 fully saturated rings. The first-order chi connectivity index (χ1) is 15.1. The summed E-state index contributed by atoms with van der Waals surface area (Å²) in [6.07, 6.45) is 1.59. The third kappa shape index (κ3) is 5.19. The number of aromatic nitrogens is 2. The van der Waals surface area contributed by atoms with Crippen molar-refractivity contribution < 1.29 is 13.9 Å². The van der Waals surface area contributed by atoms with Crippen LogP contribution in [-0.2, 0) is 11.3 Å². The zero-order chi connectivity index (χ0) is 21.6. The van der Waals surface area contributed by atoms with Gasteiger partial charge in [-0.2, -0.15) is 0 Å². The number of aryl methyl sites for hydroxylation is 1. The Bertz CT molecular complexity index is 1130. The van der Waals surface area contributed by atoms with E-state index in [-0.39, 0.29) is 11.7 Å². The molecule has 0 radical (unpaired) electrons. The number of rotatable bonds is 8. The Kier molecular flexibility index (Phi) is 6.43. The summed E-state index contributed by atoms with van der Waals surface area (Å²) >= 11 is 1.40. The van der Waals surface area contributed by atoms with E-state index in [1.54, 1.807) is 19.4 Å². The van der Waals surface area contributed by atoms with Gasteiger partial charge in [0, 0.05) is 11.1 Å². The number of hydrogen-bond donors (Lipinski definition) is 2. The van der Waals surface area contributed by atoms with Crippen molar-refractivity contribution in [1.29, 1.82) is 0 Å². The molecule has 1 amide bonds. The molecule has 31 heavy (non-hydrogen) atoms. The average molecular weight is 434 g/mol. The molecule has 4 aromatic rings. The summed E-state index contributed by atoms with van der Waals surface area (Å²) in [5.74, 6) is 2.45. The molecule has 0 atom stereocenters. The molecule has 7 heteroatoms. The standard InChI is InChI=1S/C24H23N3O3S/c1-16-5-7-18(8-6-16)23-26-22(17-9-11-19(29-2)12-10-17)24(27-23)31-15-21(28)25-14-20-4-3-13-30-20/h3-13H,14-15H2,1-2H3,(H,25,28)(H,26,27). The van der Waals surface area contributed by atoms with Crippen molar-refractivity contribution in [2.24, 2.45) is 0 Å². The van der Waals surface area contributed by atoms with E-state index >= 15 is 0 Å². The van der Waals surface area contributed by atoms with Crippen LogP contribution in [0, 0.1) is 6.92 Å². The van der Waals surface area contributed by atoms with Crippen LogP contribution in [0.5, 0.6) is 5.75 Å². The molecule has 4 rings (SSSR count). The molecule has 2 aromatic carbocycles. The molecule has 0 saturated carbocycles. The van der Waals surface area contributed by atoms with Gasteiger partial charge in [-0.15, -0.1) is 0 Å². The minimum atomic E-state index is -0.0815. The lowest BCUT2D eigenvalue weighted by molar-refractivity contribution is -0.118. The Morgan fingerprint density at radius 2 is 1.84 bits per heavy atom. The van der Waals surface area contributed by atoms with Crippen LogP contribution in [0.3, 0.4) is 0 Å². The predicted octanol–water partition coefficient (Wildman–Crippen LogP) is 5.06. The second-order valence-electron chi connectivity index (χ2n) is 7.00. The quantitative estimate of drug-likeness (QED) is 0.380. The number of hydrogen-bond acceptors (Lipinski definition) is 5. The molecule has 0 saturated heterocycles. The van der Waals surface area contributed by atoms with Gasteiger partial charge >= 0.3 is 0 Å². The van der Waals surface area contributed by atoms with Gasteiger partial charge < -0.3 is 19.5 Å². The second kappa shape index (κ2) is 9.57. The lowest BCUT2D eigenvalue weighted by atomic mass is 10.1. The van der Waals surface area contributed by atoms with E-state index in [1.165, 1.54) is 17.3 Å². The smallest absolute Gasteiger partial charge is 0.230 e. The molecule has 2 heterocycles. The molecule has 158 valence electrons. The highest BCUT2D eigenvalue weighted by molar-refractivity contribution is 8.00. The van der Waals surface area contributed by atoms with Crippen LogP contribution in [-0.4, -0.2) is 28.7 Å². The fraction of sp³-hybridized carbons (Fsp3) is 0.167. The Morgan fingerprint density at radius 3 is 2.52 bits per heavy atom. The lowest BCUT2D eigenvalue weighted by Gasteiger charge is -2.05. The van der Waals surface area contributed by atoms with Gasteiger partial charge in [0.1, 0.15) is 22.4 Å². The van der Waals surface area contributed by atoms with Gasteiger partial charge in [-0.05, 0) is 43.3 Å². The molecule has 2 N–H and O–H groups in total. The molecular formula is C24H23N3O3S. The Labute approximate surface area is 185 Å². The molecular weight excluding hydrogens is 410 g/mol. The number of nitrogens with one attached hydrogen (secondary N) is 2. The summed E-state index contributed by atoms with van der Waals surface area (Å²) in [7, 11) is 1.64. The number of H-pyrrole nitrogens is 1. The number of methoxy groups -OCH3 is 1. The number of imidazole rings is 1. The summed E-state index contributed by atoms with van der Waals surface area (Å²) in [5.41, 5.74) is 4.04. The lowest BCUT2D eigenvalue weighted by Crippen LogP contribution is -2.24. The van der Waals surface area contributed by atoms with E-state index in [0.29, 0.717) is 6.54 Å². The first kappa shape index (κ1) is 20.8. The van der Waals surface area contributed by atoms with Crippen LogP contribution < -0.4 is 10.1 Å². The average Bonchev–Trinajstić information content (AvgIpc) is 3.47. The van der Waals surface area contributed by atoms with Crippen molar-refractivity contribution in [3.05, 3.63) is 78.3 Å². The molecule has 0 aliphatic heterocycles. The maximum atomic E-state index is 12.3. The second-order valence-corrected chi connectivity index (χ2v) is 7.97. The Hall–Kier alpha value is -3.45. The Balaban J connectivity index is 1.54. The monoisotopic (exact) mass is 433 g/mol. The zero-order valence-electron chi connectivity index (χ0n) is 17.3. The molecule has 2 aromatic heterocycles. The van der Waals surface area contributed by atoms with Crippen LogP contribution >= 0.6 is 11.8 Å². The molecule has 0 aliphatic rings. The van der Waals surface area contributed by atoms with E-state index in [2.05, 4.69) is 29.4 Å². The summed E-state index contributed by atoms with van der Waals surface area (Å²) in [4.78, 5) is 20.5. The van der Waals surface area contributed by atoms with Gasteiger partial charge in [0.2, 0.25) is 5.91 Å². The molecule has 0 bridgehead atoms. The van der Waals surface area contributed by atoms with Crippen molar-refractivity contribution in [1.82, 2.24) is 15.3 Å². The maximum Gasteiger partial charge on any atom is 0.230 e. The first-order valence-electron chi connectivity index (χ1n) is 9.86. The minimum absolute atomic E-state index is 0.0815. The number of thioether (sulfide) groups is 1. The summed E-state index contributed by atoms with van der Waals surface area (Å²) in [6, 6.07) is 19.6. The minimum Gasteiger partial charge on any atom is -0.497 e. The maximum absolute atomic E-state index is 12.3. The van der Waals surface area contributed by atoms with Crippen molar-refractivity contribution in [3.63, 3.8) is 0 Å². The van der Waals surface area contributed by atoms with Gasteiger partial charge in [-0.1, -0.05) is 41.6 Å². The van der Waals surface area contributed by atoms with Crippen LogP contribution in [0.1, 0.15) is 11.3 Å². The number of carbonyl (C=O) groups is 1. The van der Waals surface area contributed by atoms with Crippen molar-refractivity contribution in [3.8, 4) is 28.4 Å². The summed E-state index contributed by atoms with van der Waals surface area (Å²) in [5, 5.41) is 3.64. The first-order valence-corrected chi connectivity index (χ1v) is 10.8. The van der Waals surface area contributed by atoms with E-state index in [1.807, 2.05) is 42.5 Å². The van der Waals surface area contributed by atoms with Gasteiger partial charge in [-0.25, -0.2) is 4.98 Å². The Morgan fingerprint density at radius 1 is 1.10 bits per heavy atom. The van der Waals surface area contributed by atoms with Crippen molar-refractivity contribution >= 4 is 17.7 Å². The number of carbonyl (C=O) groups excluding carboxylic acids is 1. The third-order valence-electron chi connectivity index (χ3n) is 4.75. The van der Waals surface area contributed by atoms with Crippen LogP contribution in [0.25, 0.3) is 22.6 Å². The zero-order valence-corrected chi connectivity index (χ0v) is 18.2. The highest BCUT2D eigenvalue weighted by Crippen LogP contribution is 2.33. The molecule has 0 unspecified atom stereocenters. The third-order valence-corrected chi connectivity index (χ3v) is 5.73. The van der Waals surface area contributed by atoms with Crippen molar-refractivity contribution in [2.45, 2.75) is 18.5 Å². The summed E-state index contributed by atoms with van der Waals surface area (Å²) < 4.78 is 10.5. The number of furan rings is 1. The van der Waals surface area contributed by atoms with Crippen LogP contribution in [0.4, 0.5) is 0 Å². The van der Waals surface area contributed by atoms with E-state index in [0.717, 1.165) is 39.2 Å². The SMILES string of the molecule is COc1ccc(-c2[nH]c(-c3ccc(C)cc3)nc2SCC(=O)NCc2ccco2)cc1. The fourth-order valence-corrected chi connectivity index (χ4v) is 3.89. The highest BCUT2D eigenvalue weighted by Gasteiger charge is 2.16. The van der Waals surface area contributed by atoms with E-state index in [9.17, 15) is 4.79 Å². The normalized spacial score (nSPS) is 10.8. The van der Waals surface area contributed by atoms with Crippen LogP contribution in [0.15, 0.2) is 76.4 Å².